The first-order valence-corrected chi connectivity index (χ1v) is 8.33. The molecule has 0 spiro atoms. The molecule has 120 valence electrons. The molecule has 9 heteroatoms. The third-order valence-electron chi connectivity index (χ3n) is 3.56. The number of carbonyl (C=O) groups is 1. The topological polar surface area (TPSA) is 116 Å². The molecule has 1 aliphatic rings. The minimum atomic E-state index is -3.16. The van der Waals surface area contributed by atoms with Gasteiger partial charge in [0.25, 0.3) is 5.91 Å². The van der Waals surface area contributed by atoms with Crippen molar-refractivity contribution in [2.45, 2.75) is 18.9 Å². The fourth-order valence-corrected chi connectivity index (χ4v) is 4.52. The van der Waals surface area contributed by atoms with E-state index >= 15 is 0 Å². The van der Waals surface area contributed by atoms with Crippen LogP contribution in [0.1, 0.15) is 23.7 Å². The largest absolute Gasteiger partial charge is 0.490 e. The number of hydrogen-bond donors (Lipinski definition) is 1. The summed E-state index contributed by atoms with van der Waals surface area (Å²) in [5.41, 5.74) is -1.10. The van der Waals surface area contributed by atoms with E-state index in [1.54, 1.807) is 6.92 Å². The van der Waals surface area contributed by atoms with E-state index in [0.29, 0.717) is 6.42 Å². The van der Waals surface area contributed by atoms with Gasteiger partial charge in [0.2, 0.25) is 0 Å². The van der Waals surface area contributed by atoms with Crippen molar-refractivity contribution in [1.82, 2.24) is 5.32 Å². The molecule has 22 heavy (non-hydrogen) atoms. The Morgan fingerprint density at radius 2 is 2.14 bits per heavy atom. The van der Waals surface area contributed by atoms with E-state index in [0.717, 1.165) is 6.07 Å². The lowest BCUT2D eigenvalue weighted by molar-refractivity contribution is -0.385. The molecule has 0 saturated carbocycles. The van der Waals surface area contributed by atoms with Crippen molar-refractivity contribution in [2.75, 3.05) is 18.6 Å². The lowest BCUT2D eigenvalue weighted by atomic mass is 10.0. The molecule has 2 rings (SSSR count). The number of nitro benzene ring substituents is 1. The van der Waals surface area contributed by atoms with Gasteiger partial charge in [-0.2, -0.15) is 0 Å². The normalized spacial score (nSPS) is 23.0. The van der Waals surface area contributed by atoms with Crippen molar-refractivity contribution in [3.8, 4) is 5.75 Å². The van der Waals surface area contributed by atoms with E-state index in [1.165, 1.54) is 19.2 Å². The third kappa shape index (κ3) is 3.35. The number of rotatable bonds is 4. The average Bonchev–Trinajstić information content (AvgIpc) is 2.71. The molecule has 8 nitrogen and oxygen atoms in total. The van der Waals surface area contributed by atoms with Gasteiger partial charge >= 0.3 is 5.69 Å². The van der Waals surface area contributed by atoms with Crippen molar-refractivity contribution >= 4 is 21.4 Å². The summed E-state index contributed by atoms with van der Waals surface area (Å²) in [6.45, 7) is 1.65. The maximum atomic E-state index is 12.2. The van der Waals surface area contributed by atoms with Gasteiger partial charge in [-0.25, -0.2) is 8.42 Å². The van der Waals surface area contributed by atoms with Crippen molar-refractivity contribution in [3.05, 3.63) is 33.9 Å². The van der Waals surface area contributed by atoms with E-state index in [4.69, 9.17) is 4.74 Å². The Bertz CT molecular complexity index is 730. The Balaban J connectivity index is 2.24. The number of methoxy groups -OCH3 is 1. The van der Waals surface area contributed by atoms with Gasteiger partial charge < -0.3 is 10.1 Å². The first-order valence-electron chi connectivity index (χ1n) is 6.51. The highest BCUT2D eigenvalue weighted by atomic mass is 32.2. The summed E-state index contributed by atoms with van der Waals surface area (Å²) in [6.07, 6.45) is 0.319. The van der Waals surface area contributed by atoms with Crippen LogP contribution in [-0.4, -0.2) is 43.4 Å². The SMILES string of the molecule is COc1ccc(C(=O)NC2(C)CCS(=O)(=O)C2)cc1[N+](=O)[O-]. The van der Waals surface area contributed by atoms with Gasteiger partial charge in [-0.3, -0.25) is 14.9 Å². The molecule has 1 heterocycles. The standard InChI is InChI=1S/C13H16N2O6S/c1-13(5-6-22(19,20)8-13)14-12(16)9-3-4-11(21-2)10(7-9)15(17)18/h3-4,7H,5-6,8H2,1-2H3,(H,14,16). The third-order valence-corrected chi connectivity index (χ3v) is 5.46. The fourth-order valence-electron chi connectivity index (χ4n) is 2.43. The number of ether oxygens (including phenoxy) is 1. The van der Waals surface area contributed by atoms with Gasteiger partial charge in [0.15, 0.2) is 15.6 Å². The van der Waals surface area contributed by atoms with Crippen LogP contribution in [-0.2, 0) is 9.84 Å². The quantitative estimate of drug-likeness (QED) is 0.649. The molecule has 0 aromatic heterocycles. The highest BCUT2D eigenvalue weighted by molar-refractivity contribution is 7.91. The summed E-state index contributed by atoms with van der Waals surface area (Å²) in [6, 6.07) is 3.84. The van der Waals surface area contributed by atoms with Crippen molar-refractivity contribution in [3.63, 3.8) is 0 Å². The van der Waals surface area contributed by atoms with Gasteiger partial charge in [-0.15, -0.1) is 0 Å². The van der Waals surface area contributed by atoms with Crippen LogP contribution in [0.3, 0.4) is 0 Å². The molecule has 1 fully saturated rings. The van der Waals surface area contributed by atoms with E-state index in [-0.39, 0.29) is 28.5 Å². The highest BCUT2D eigenvalue weighted by Crippen LogP contribution is 2.28. The molecular formula is C13H16N2O6S. The van der Waals surface area contributed by atoms with Crippen LogP contribution in [0.2, 0.25) is 0 Å². The second-order valence-electron chi connectivity index (χ2n) is 5.50. The number of amides is 1. The molecule has 1 amide bonds. The molecule has 0 bridgehead atoms. The molecular weight excluding hydrogens is 312 g/mol. The summed E-state index contributed by atoms with van der Waals surface area (Å²) in [4.78, 5) is 22.5. The highest BCUT2D eigenvalue weighted by Gasteiger charge is 2.39. The molecule has 1 aromatic carbocycles. The maximum absolute atomic E-state index is 12.2. The zero-order valence-electron chi connectivity index (χ0n) is 12.2. The Morgan fingerprint density at radius 1 is 1.45 bits per heavy atom. The molecule has 1 aliphatic heterocycles. The van der Waals surface area contributed by atoms with Gasteiger partial charge in [-0.1, -0.05) is 0 Å². The molecule has 0 aliphatic carbocycles. The summed E-state index contributed by atoms with van der Waals surface area (Å²) < 4.78 is 27.9. The van der Waals surface area contributed by atoms with Crippen LogP contribution in [0.5, 0.6) is 5.75 Å². The van der Waals surface area contributed by atoms with E-state index in [9.17, 15) is 23.3 Å². The smallest absolute Gasteiger partial charge is 0.311 e. The zero-order chi connectivity index (χ0) is 16.5. The van der Waals surface area contributed by atoms with Gasteiger partial charge in [-0.05, 0) is 25.5 Å². The monoisotopic (exact) mass is 328 g/mol. The van der Waals surface area contributed by atoms with E-state index in [2.05, 4.69) is 5.32 Å². The fraction of sp³-hybridized carbons (Fsp3) is 0.462. The average molecular weight is 328 g/mol. The van der Waals surface area contributed by atoms with Crippen LogP contribution < -0.4 is 10.1 Å². The van der Waals surface area contributed by atoms with Crippen LogP contribution in [0.25, 0.3) is 0 Å². The molecule has 1 unspecified atom stereocenters. The van der Waals surface area contributed by atoms with Crippen LogP contribution in [0.4, 0.5) is 5.69 Å². The van der Waals surface area contributed by atoms with Crippen LogP contribution in [0.15, 0.2) is 18.2 Å². The van der Waals surface area contributed by atoms with Crippen molar-refractivity contribution in [2.24, 2.45) is 0 Å². The Morgan fingerprint density at radius 3 is 2.64 bits per heavy atom. The minimum Gasteiger partial charge on any atom is -0.490 e. The lowest BCUT2D eigenvalue weighted by Gasteiger charge is -2.23. The van der Waals surface area contributed by atoms with Crippen molar-refractivity contribution < 1.29 is 22.9 Å². The molecule has 0 radical (unpaired) electrons. The predicted octanol–water partition coefficient (Wildman–Crippen LogP) is 0.910. The number of carbonyl (C=O) groups excluding carboxylic acids is 1. The summed E-state index contributed by atoms with van der Waals surface area (Å²) >= 11 is 0. The van der Waals surface area contributed by atoms with E-state index < -0.39 is 26.2 Å². The van der Waals surface area contributed by atoms with Crippen LogP contribution in [0, 0.1) is 10.1 Å². The summed E-state index contributed by atoms with van der Waals surface area (Å²) in [5, 5.41) is 13.6. The maximum Gasteiger partial charge on any atom is 0.311 e. The number of benzene rings is 1. The number of sulfone groups is 1. The number of hydrogen-bond acceptors (Lipinski definition) is 6. The minimum absolute atomic E-state index is 0.0204. The number of nitro groups is 1. The van der Waals surface area contributed by atoms with E-state index in [1.807, 2.05) is 0 Å². The Kier molecular flexibility index (Phi) is 4.10. The second kappa shape index (κ2) is 5.56. The Hall–Kier alpha value is -2.16. The molecule has 1 aromatic rings. The Labute approximate surface area is 127 Å². The zero-order valence-corrected chi connectivity index (χ0v) is 13.0. The van der Waals surface area contributed by atoms with Crippen molar-refractivity contribution in [1.29, 1.82) is 0 Å². The summed E-state index contributed by atoms with van der Waals surface area (Å²) in [5.74, 6) is -0.613. The number of nitrogens with one attached hydrogen (secondary N) is 1. The lowest BCUT2D eigenvalue weighted by Crippen LogP contribution is -2.46. The first kappa shape index (κ1) is 16.2. The summed E-state index contributed by atoms with van der Waals surface area (Å²) in [7, 11) is -1.86. The first-order chi connectivity index (χ1) is 10.2. The molecule has 1 N–H and O–H groups in total. The van der Waals surface area contributed by atoms with Gasteiger partial charge in [0.1, 0.15) is 0 Å². The van der Waals surface area contributed by atoms with Gasteiger partial charge in [0, 0.05) is 11.6 Å². The van der Waals surface area contributed by atoms with Crippen LogP contribution >= 0.6 is 0 Å². The van der Waals surface area contributed by atoms with Gasteiger partial charge in [0.05, 0.1) is 29.1 Å². The predicted molar refractivity (Wildman–Crippen MR) is 78.8 cm³/mol. The molecule has 1 atom stereocenters. The number of nitrogens with zero attached hydrogens (tertiary/aromatic N) is 1. The second-order valence-corrected chi connectivity index (χ2v) is 7.68. The molecule has 1 saturated heterocycles.